The lowest BCUT2D eigenvalue weighted by molar-refractivity contribution is -0.137. The first kappa shape index (κ1) is 30.1. The fourth-order valence-corrected chi connectivity index (χ4v) is 5.66. The minimum atomic E-state index is -1.05. The third-order valence-electron chi connectivity index (χ3n) is 7.06. The molecule has 218 valence electrons. The van der Waals surface area contributed by atoms with Gasteiger partial charge in [0.15, 0.2) is 0 Å². The Hall–Kier alpha value is -4.89. The standard InChI is InChI=1S/C30H31N5O6S/c1-18-17-35(30(40)41-3)19(2)16-34(18)25-11-10-22(29(39)33-24(14-27(36)37)26-5-4-12-42-26)13-23(25)32-28(38)21-8-6-20(15-31)7-9-21/h4-13,18-19,24H,14,16-17H2,1-3H3,(H,32,38)(H,33,39)(H,36,37). The highest BCUT2D eigenvalue weighted by atomic mass is 32.1. The number of rotatable bonds is 8. The molecule has 0 radical (unpaired) electrons. The van der Waals surface area contributed by atoms with Crippen molar-refractivity contribution in [3.05, 3.63) is 81.5 Å². The summed E-state index contributed by atoms with van der Waals surface area (Å²) >= 11 is 1.35. The van der Waals surface area contributed by atoms with Crippen LogP contribution in [-0.2, 0) is 9.53 Å². The molecule has 2 aromatic carbocycles. The number of carbonyl (C=O) groups is 4. The summed E-state index contributed by atoms with van der Waals surface area (Å²) in [6.07, 6.45) is -0.705. The quantitative estimate of drug-likeness (QED) is 0.348. The van der Waals surface area contributed by atoms with Crippen molar-refractivity contribution in [3.63, 3.8) is 0 Å². The number of benzene rings is 2. The maximum atomic E-state index is 13.4. The first-order valence-corrected chi connectivity index (χ1v) is 14.1. The van der Waals surface area contributed by atoms with Crippen LogP contribution in [0.5, 0.6) is 0 Å². The van der Waals surface area contributed by atoms with Crippen molar-refractivity contribution in [2.75, 3.05) is 30.4 Å². The molecule has 0 saturated carbocycles. The van der Waals surface area contributed by atoms with E-state index in [2.05, 4.69) is 15.5 Å². The zero-order chi connectivity index (χ0) is 30.4. The number of hydrogen-bond donors (Lipinski definition) is 3. The van der Waals surface area contributed by atoms with E-state index in [0.717, 1.165) is 0 Å². The van der Waals surface area contributed by atoms with Crippen molar-refractivity contribution < 1.29 is 29.0 Å². The Morgan fingerprint density at radius 1 is 1.05 bits per heavy atom. The molecule has 1 aromatic heterocycles. The predicted octanol–water partition coefficient (Wildman–Crippen LogP) is 4.48. The molecule has 3 N–H and O–H groups in total. The van der Waals surface area contributed by atoms with Crippen LogP contribution in [0.1, 0.15) is 57.5 Å². The summed E-state index contributed by atoms with van der Waals surface area (Å²) in [4.78, 5) is 54.8. The third-order valence-corrected chi connectivity index (χ3v) is 8.04. The number of ether oxygens (including phenoxy) is 1. The Labute approximate surface area is 247 Å². The number of carboxylic acids is 1. The fourth-order valence-electron chi connectivity index (χ4n) is 4.88. The smallest absolute Gasteiger partial charge is 0.409 e. The molecule has 0 spiro atoms. The fraction of sp³-hybridized carbons (Fsp3) is 0.300. The van der Waals surface area contributed by atoms with E-state index in [1.165, 1.54) is 18.4 Å². The number of carboxylic acid groups (broad SMARTS) is 1. The van der Waals surface area contributed by atoms with E-state index in [1.807, 2.05) is 25.3 Å². The molecule has 4 rings (SSSR count). The number of piperazine rings is 1. The molecule has 1 aliphatic rings. The van der Waals surface area contributed by atoms with Crippen LogP contribution in [0.15, 0.2) is 60.0 Å². The molecular formula is C30H31N5O6S. The number of thiophene rings is 1. The van der Waals surface area contributed by atoms with E-state index in [0.29, 0.717) is 40.5 Å². The number of hydrogen-bond acceptors (Lipinski definition) is 8. The predicted molar refractivity (Wildman–Crippen MR) is 158 cm³/mol. The topological polar surface area (TPSA) is 152 Å². The molecule has 2 heterocycles. The third kappa shape index (κ3) is 6.87. The molecule has 11 nitrogen and oxygen atoms in total. The summed E-state index contributed by atoms with van der Waals surface area (Å²) in [5, 5.41) is 26.0. The monoisotopic (exact) mass is 589 g/mol. The van der Waals surface area contributed by atoms with Gasteiger partial charge in [-0.25, -0.2) is 4.79 Å². The van der Waals surface area contributed by atoms with Crippen molar-refractivity contribution in [2.24, 2.45) is 0 Å². The number of amides is 3. The van der Waals surface area contributed by atoms with Gasteiger partial charge in [0.2, 0.25) is 0 Å². The van der Waals surface area contributed by atoms with Crippen LogP contribution in [0, 0.1) is 11.3 Å². The van der Waals surface area contributed by atoms with Crippen molar-refractivity contribution >= 4 is 46.6 Å². The molecule has 3 unspecified atom stereocenters. The van der Waals surface area contributed by atoms with Gasteiger partial charge in [-0.2, -0.15) is 5.26 Å². The van der Waals surface area contributed by atoms with Crippen LogP contribution >= 0.6 is 11.3 Å². The van der Waals surface area contributed by atoms with E-state index < -0.39 is 29.9 Å². The van der Waals surface area contributed by atoms with Crippen molar-refractivity contribution in [1.82, 2.24) is 10.2 Å². The van der Waals surface area contributed by atoms with Gasteiger partial charge in [-0.05, 0) is 67.8 Å². The number of nitriles is 1. The van der Waals surface area contributed by atoms with Crippen LogP contribution in [0.2, 0.25) is 0 Å². The van der Waals surface area contributed by atoms with Gasteiger partial charge in [0.1, 0.15) is 0 Å². The van der Waals surface area contributed by atoms with Gasteiger partial charge in [0, 0.05) is 41.2 Å². The Kier molecular flexibility index (Phi) is 9.44. The van der Waals surface area contributed by atoms with Gasteiger partial charge in [-0.15, -0.1) is 11.3 Å². The lowest BCUT2D eigenvalue weighted by Crippen LogP contribution is -2.58. The second kappa shape index (κ2) is 13.2. The van der Waals surface area contributed by atoms with Gasteiger partial charge < -0.3 is 30.3 Å². The summed E-state index contributed by atoms with van der Waals surface area (Å²) in [6.45, 7) is 4.68. The Morgan fingerprint density at radius 2 is 1.76 bits per heavy atom. The molecule has 3 aromatic rings. The lowest BCUT2D eigenvalue weighted by Gasteiger charge is -2.45. The van der Waals surface area contributed by atoms with Crippen LogP contribution < -0.4 is 15.5 Å². The molecule has 12 heteroatoms. The zero-order valence-corrected chi connectivity index (χ0v) is 24.2. The molecule has 0 bridgehead atoms. The molecule has 1 saturated heterocycles. The average Bonchev–Trinajstić information content (AvgIpc) is 3.52. The summed E-state index contributed by atoms with van der Waals surface area (Å²) in [5.41, 5.74) is 1.99. The van der Waals surface area contributed by atoms with Crippen LogP contribution in [-0.4, -0.2) is 66.2 Å². The summed E-state index contributed by atoms with van der Waals surface area (Å²) in [7, 11) is 1.34. The maximum absolute atomic E-state index is 13.4. The number of nitrogens with zero attached hydrogens (tertiary/aromatic N) is 3. The van der Waals surface area contributed by atoms with Gasteiger partial charge in [-0.1, -0.05) is 6.07 Å². The van der Waals surface area contributed by atoms with E-state index in [9.17, 15) is 24.3 Å². The lowest BCUT2D eigenvalue weighted by atomic mass is 10.0. The molecule has 3 amide bonds. The number of methoxy groups -OCH3 is 1. The molecule has 1 aliphatic heterocycles. The number of nitrogens with one attached hydrogen (secondary N) is 2. The first-order valence-electron chi connectivity index (χ1n) is 13.2. The molecular weight excluding hydrogens is 558 g/mol. The van der Waals surface area contributed by atoms with Crippen molar-refractivity contribution in [2.45, 2.75) is 38.4 Å². The Bertz CT molecular complexity index is 1500. The Morgan fingerprint density at radius 3 is 2.38 bits per heavy atom. The first-order chi connectivity index (χ1) is 20.1. The SMILES string of the molecule is COC(=O)N1CC(C)N(c2ccc(C(=O)NC(CC(=O)O)c3cccs3)cc2NC(=O)c2ccc(C#N)cc2)CC1C. The highest BCUT2D eigenvalue weighted by Crippen LogP contribution is 2.33. The minimum Gasteiger partial charge on any atom is -0.481 e. The van der Waals surface area contributed by atoms with Crippen molar-refractivity contribution in [1.29, 1.82) is 5.26 Å². The Balaban J connectivity index is 1.67. The highest BCUT2D eigenvalue weighted by molar-refractivity contribution is 7.10. The average molecular weight is 590 g/mol. The largest absolute Gasteiger partial charge is 0.481 e. The molecule has 3 atom stereocenters. The minimum absolute atomic E-state index is 0.149. The van der Waals surface area contributed by atoms with E-state index in [4.69, 9.17) is 10.00 Å². The summed E-state index contributed by atoms with van der Waals surface area (Å²) in [6, 6.07) is 15.6. The number of aliphatic carboxylic acids is 1. The second-order valence-corrected chi connectivity index (χ2v) is 11.0. The van der Waals surface area contributed by atoms with Crippen LogP contribution in [0.3, 0.4) is 0 Å². The van der Waals surface area contributed by atoms with Gasteiger partial charge >= 0.3 is 12.1 Å². The molecule has 42 heavy (non-hydrogen) atoms. The van der Waals surface area contributed by atoms with E-state index >= 15 is 0 Å². The zero-order valence-electron chi connectivity index (χ0n) is 23.4. The maximum Gasteiger partial charge on any atom is 0.409 e. The van der Waals surface area contributed by atoms with Crippen LogP contribution in [0.25, 0.3) is 0 Å². The van der Waals surface area contributed by atoms with Gasteiger partial charge in [0.25, 0.3) is 11.8 Å². The van der Waals surface area contributed by atoms with Crippen molar-refractivity contribution in [3.8, 4) is 6.07 Å². The van der Waals surface area contributed by atoms with Crippen LogP contribution in [0.4, 0.5) is 16.2 Å². The highest BCUT2D eigenvalue weighted by Gasteiger charge is 2.34. The van der Waals surface area contributed by atoms with Gasteiger partial charge in [-0.3, -0.25) is 14.4 Å². The van der Waals surface area contributed by atoms with Gasteiger partial charge in [0.05, 0.1) is 42.6 Å². The molecule has 1 fully saturated rings. The normalized spacial score (nSPS) is 17.1. The summed E-state index contributed by atoms with van der Waals surface area (Å²) < 4.78 is 4.93. The second-order valence-electron chi connectivity index (χ2n) is 9.99. The summed E-state index contributed by atoms with van der Waals surface area (Å²) in [5.74, 6) is -1.98. The van der Waals surface area contributed by atoms with E-state index in [1.54, 1.807) is 59.5 Å². The number of anilines is 2. The van der Waals surface area contributed by atoms with E-state index in [-0.39, 0.29) is 24.1 Å². The number of carbonyl (C=O) groups excluding carboxylic acids is 3. The molecule has 0 aliphatic carbocycles.